The molecule has 0 aliphatic carbocycles. The van der Waals surface area contributed by atoms with Gasteiger partial charge in [-0.1, -0.05) is 41.4 Å². The number of hydrogen-bond acceptors (Lipinski definition) is 4. The van der Waals surface area contributed by atoms with Crippen molar-refractivity contribution in [2.24, 2.45) is 0 Å². The van der Waals surface area contributed by atoms with E-state index in [-0.39, 0.29) is 12.6 Å². The Kier molecular flexibility index (Phi) is 5.91. The molecule has 0 heterocycles. The quantitative estimate of drug-likeness (QED) is 0.450. The standard InChI is InChI=1S/C12H13Cl3O4/c1-8(12(13,14)15)18-7-19-9-4-5-10(16-2)11(6-9)17-3/h4-6H,1,7H2,2-3H3. The lowest BCUT2D eigenvalue weighted by Crippen LogP contribution is -2.12. The molecule has 0 radical (unpaired) electrons. The molecule has 0 bridgehead atoms. The lowest BCUT2D eigenvalue weighted by atomic mass is 10.3. The molecule has 19 heavy (non-hydrogen) atoms. The minimum absolute atomic E-state index is 0.0158. The van der Waals surface area contributed by atoms with E-state index in [9.17, 15) is 0 Å². The van der Waals surface area contributed by atoms with E-state index in [1.807, 2.05) is 0 Å². The van der Waals surface area contributed by atoms with Crippen LogP contribution in [0.25, 0.3) is 0 Å². The lowest BCUT2D eigenvalue weighted by Gasteiger charge is -2.16. The Labute approximate surface area is 126 Å². The summed E-state index contributed by atoms with van der Waals surface area (Å²) in [6.45, 7) is 3.34. The first-order valence-electron chi connectivity index (χ1n) is 5.12. The minimum atomic E-state index is -1.68. The molecule has 0 unspecified atom stereocenters. The summed E-state index contributed by atoms with van der Waals surface area (Å²) in [5.74, 6) is 1.65. The second-order valence-electron chi connectivity index (χ2n) is 3.34. The van der Waals surface area contributed by atoms with Gasteiger partial charge in [0.25, 0.3) is 0 Å². The van der Waals surface area contributed by atoms with Gasteiger partial charge in [0.1, 0.15) is 11.5 Å². The van der Waals surface area contributed by atoms with Crippen LogP contribution in [0.1, 0.15) is 0 Å². The molecule has 1 aromatic carbocycles. The molecular weight excluding hydrogens is 314 g/mol. The molecule has 0 N–H and O–H groups in total. The third-order valence-electron chi connectivity index (χ3n) is 2.13. The first-order chi connectivity index (χ1) is 8.88. The number of methoxy groups -OCH3 is 2. The Balaban J connectivity index is 2.57. The van der Waals surface area contributed by atoms with E-state index in [1.165, 1.54) is 7.11 Å². The molecule has 0 fully saturated rings. The number of hydrogen-bond donors (Lipinski definition) is 0. The maximum absolute atomic E-state index is 5.57. The molecule has 0 aromatic heterocycles. The highest BCUT2D eigenvalue weighted by molar-refractivity contribution is 6.69. The molecule has 1 rings (SSSR count). The normalized spacial score (nSPS) is 10.8. The summed E-state index contributed by atoms with van der Waals surface area (Å²) in [6.07, 6.45) is 0. The Bertz CT molecular complexity index is 443. The molecule has 0 spiro atoms. The van der Waals surface area contributed by atoms with Crippen LogP contribution in [0, 0.1) is 0 Å². The SMILES string of the molecule is C=C(OCOc1ccc(OC)c(OC)c1)C(Cl)(Cl)Cl. The molecule has 0 atom stereocenters. The van der Waals surface area contributed by atoms with Crippen LogP contribution in [0.5, 0.6) is 17.2 Å². The van der Waals surface area contributed by atoms with Gasteiger partial charge in [-0.3, -0.25) is 0 Å². The van der Waals surface area contributed by atoms with Gasteiger partial charge in [0.15, 0.2) is 11.5 Å². The number of benzene rings is 1. The molecule has 0 aliphatic heterocycles. The fraction of sp³-hybridized carbons (Fsp3) is 0.333. The van der Waals surface area contributed by atoms with Crippen molar-refractivity contribution < 1.29 is 18.9 Å². The Morgan fingerprint density at radius 2 is 1.79 bits per heavy atom. The van der Waals surface area contributed by atoms with Gasteiger partial charge in [-0.2, -0.15) is 0 Å². The van der Waals surface area contributed by atoms with E-state index in [0.29, 0.717) is 17.2 Å². The summed E-state index contributed by atoms with van der Waals surface area (Å²) in [6, 6.07) is 5.06. The molecule has 0 amide bonds. The van der Waals surface area contributed by atoms with Crippen LogP contribution in [0.2, 0.25) is 0 Å². The van der Waals surface area contributed by atoms with Crippen LogP contribution in [0.15, 0.2) is 30.5 Å². The summed E-state index contributed by atoms with van der Waals surface area (Å²) in [5, 5.41) is 0. The Morgan fingerprint density at radius 3 is 2.32 bits per heavy atom. The first kappa shape index (κ1) is 16.1. The minimum Gasteiger partial charge on any atom is -0.493 e. The lowest BCUT2D eigenvalue weighted by molar-refractivity contribution is 0.0596. The number of alkyl halides is 3. The molecule has 0 saturated heterocycles. The van der Waals surface area contributed by atoms with Gasteiger partial charge in [-0.25, -0.2) is 0 Å². The van der Waals surface area contributed by atoms with Gasteiger partial charge in [0.2, 0.25) is 10.6 Å². The van der Waals surface area contributed by atoms with Crippen molar-refractivity contribution in [2.45, 2.75) is 3.79 Å². The second kappa shape index (κ2) is 6.98. The van der Waals surface area contributed by atoms with Crippen molar-refractivity contribution in [3.05, 3.63) is 30.5 Å². The summed E-state index contributed by atoms with van der Waals surface area (Å²) >= 11 is 16.7. The summed E-state index contributed by atoms with van der Waals surface area (Å²) in [7, 11) is 3.08. The predicted octanol–water partition coefficient (Wildman–Crippen LogP) is 3.94. The predicted molar refractivity (Wildman–Crippen MR) is 75.6 cm³/mol. The van der Waals surface area contributed by atoms with Crippen molar-refractivity contribution in [3.8, 4) is 17.2 Å². The maximum Gasteiger partial charge on any atom is 0.247 e. The molecule has 4 nitrogen and oxygen atoms in total. The van der Waals surface area contributed by atoms with E-state index >= 15 is 0 Å². The van der Waals surface area contributed by atoms with Crippen LogP contribution < -0.4 is 14.2 Å². The number of rotatable bonds is 6. The zero-order valence-electron chi connectivity index (χ0n) is 10.4. The van der Waals surface area contributed by atoms with E-state index in [1.54, 1.807) is 25.3 Å². The van der Waals surface area contributed by atoms with Crippen molar-refractivity contribution in [1.29, 1.82) is 0 Å². The molecule has 1 aromatic rings. The average Bonchev–Trinajstić information content (AvgIpc) is 2.37. The molecule has 106 valence electrons. The van der Waals surface area contributed by atoms with E-state index in [0.717, 1.165) is 0 Å². The number of ether oxygens (including phenoxy) is 4. The number of allylic oxidation sites excluding steroid dienone is 1. The van der Waals surface area contributed by atoms with E-state index in [2.05, 4.69) is 6.58 Å². The van der Waals surface area contributed by atoms with Crippen LogP contribution >= 0.6 is 34.8 Å². The highest BCUT2D eigenvalue weighted by Gasteiger charge is 2.26. The van der Waals surface area contributed by atoms with Gasteiger partial charge >= 0.3 is 0 Å². The van der Waals surface area contributed by atoms with Crippen LogP contribution in [0.4, 0.5) is 0 Å². The smallest absolute Gasteiger partial charge is 0.247 e. The van der Waals surface area contributed by atoms with Crippen LogP contribution in [-0.2, 0) is 4.74 Å². The monoisotopic (exact) mass is 326 g/mol. The zero-order chi connectivity index (χ0) is 14.5. The van der Waals surface area contributed by atoms with Crippen LogP contribution in [-0.4, -0.2) is 24.8 Å². The van der Waals surface area contributed by atoms with Gasteiger partial charge in [-0.15, -0.1) is 0 Å². The third-order valence-corrected chi connectivity index (χ3v) is 2.76. The van der Waals surface area contributed by atoms with Crippen molar-refractivity contribution in [3.63, 3.8) is 0 Å². The highest BCUT2D eigenvalue weighted by atomic mass is 35.6. The fourth-order valence-corrected chi connectivity index (χ4v) is 1.32. The molecule has 0 aliphatic rings. The summed E-state index contributed by atoms with van der Waals surface area (Å²) in [5.41, 5.74) is 0. The third kappa shape index (κ3) is 4.90. The van der Waals surface area contributed by atoms with Gasteiger partial charge in [0, 0.05) is 6.07 Å². The molecular formula is C12H13Cl3O4. The summed E-state index contributed by atoms with van der Waals surface area (Å²) < 4.78 is 18.9. The van der Waals surface area contributed by atoms with Gasteiger partial charge < -0.3 is 18.9 Å². The van der Waals surface area contributed by atoms with Crippen molar-refractivity contribution in [1.82, 2.24) is 0 Å². The topological polar surface area (TPSA) is 36.9 Å². The summed E-state index contributed by atoms with van der Waals surface area (Å²) in [4.78, 5) is 0. The fourth-order valence-electron chi connectivity index (χ4n) is 1.16. The van der Waals surface area contributed by atoms with E-state index in [4.69, 9.17) is 53.8 Å². The largest absolute Gasteiger partial charge is 0.493 e. The van der Waals surface area contributed by atoms with Gasteiger partial charge in [0.05, 0.1) is 14.2 Å². The van der Waals surface area contributed by atoms with E-state index < -0.39 is 3.79 Å². The first-order valence-corrected chi connectivity index (χ1v) is 6.25. The van der Waals surface area contributed by atoms with Crippen molar-refractivity contribution in [2.75, 3.05) is 21.0 Å². The maximum atomic E-state index is 5.57. The second-order valence-corrected chi connectivity index (χ2v) is 5.63. The Morgan fingerprint density at radius 1 is 1.16 bits per heavy atom. The Hall–Kier alpha value is -0.970. The number of halogens is 3. The average molecular weight is 328 g/mol. The molecule has 7 heteroatoms. The van der Waals surface area contributed by atoms with Crippen molar-refractivity contribution >= 4 is 34.8 Å². The zero-order valence-corrected chi connectivity index (χ0v) is 12.7. The molecule has 0 saturated carbocycles. The van der Waals surface area contributed by atoms with Gasteiger partial charge in [-0.05, 0) is 12.1 Å². The highest BCUT2D eigenvalue weighted by Crippen LogP contribution is 2.34. The van der Waals surface area contributed by atoms with Crippen LogP contribution in [0.3, 0.4) is 0 Å².